The molecule has 0 heterocycles. The van der Waals surface area contributed by atoms with Crippen LogP contribution in [-0.4, -0.2) is 5.26 Å². The summed E-state index contributed by atoms with van der Waals surface area (Å²) in [5.74, 6) is 6.09. The van der Waals surface area contributed by atoms with Gasteiger partial charge in [-0.1, -0.05) is 67.7 Å². The lowest BCUT2D eigenvalue weighted by Gasteiger charge is -2.66. The summed E-state index contributed by atoms with van der Waals surface area (Å²) < 4.78 is 0. The van der Waals surface area contributed by atoms with E-state index < -0.39 is 6.10 Å². The second-order valence-corrected chi connectivity index (χ2v) is 16.5. The lowest BCUT2D eigenvalue weighted by molar-refractivity contribution is -0.312. The van der Waals surface area contributed by atoms with Gasteiger partial charge in [-0.15, -0.1) is 0 Å². The number of nitrogen functional groups attached to an aromatic ring is 2. The molecule has 40 heavy (non-hydrogen) atoms. The highest BCUT2D eigenvalue weighted by molar-refractivity contribution is 5.55. The molecule has 4 aliphatic rings. The first kappa shape index (κ1) is 30.2. The minimum Gasteiger partial charge on any atom is -0.399 e. The van der Waals surface area contributed by atoms with E-state index in [4.69, 9.17) is 16.4 Å². The molecule has 226 valence electrons. The van der Waals surface area contributed by atoms with Gasteiger partial charge in [0.15, 0.2) is 0 Å². The molecule has 4 saturated carbocycles. The van der Waals surface area contributed by atoms with E-state index in [0.717, 1.165) is 47.5 Å². The minimum absolute atomic E-state index is 0.0502. The zero-order valence-electron chi connectivity index (χ0n) is 26.7. The molecule has 0 radical (unpaired) electrons. The molecule has 0 bridgehead atoms. The zero-order valence-corrected chi connectivity index (χ0v) is 26.7. The largest absolute Gasteiger partial charge is 0.399 e. The Morgan fingerprint density at radius 3 is 2.10 bits per heavy atom. The summed E-state index contributed by atoms with van der Waals surface area (Å²) in [6.07, 6.45) is 14.5. The Labute approximate surface area is 245 Å². The minimum atomic E-state index is -0.398. The van der Waals surface area contributed by atoms with E-state index in [1.54, 1.807) is 6.07 Å². The van der Waals surface area contributed by atoms with E-state index >= 15 is 0 Å². The summed E-state index contributed by atoms with van der Waals surface area (Å²) in [5.41, 5.74) is 15.4. The number of rotatable bonds is 8. The van der Waals surface area contributed by atoms with Crippen LogP contribution >= 0.6 is 0 Å². The van der Waals surface area contributed by atoms with Crippen molar-refractivity contribution in [1.82, 2.24) is 0 Å². The second kappa shape index (κ2) is 11.1. The molecule has 1 aromatic carbocycles. The molecule has 10 atom stereocenters. The predicted octanol–water partition coefficient (Wildman–Crippen LogP) is 9.76. The fourth-order valence-corrected chi connectivity index (χ4v) is 11.9. The number of hydrogen-bond donors (Lipinski definition) is 3. The van der Waals surface area contributed by atoms with Gasteiger partial charge in [0, 0.05) is 11.4 Å². The number of hydrogen-bond acceptors (Lipinski definition) is 4. The van der Waals surface area contributed by atoms with Crippen LogP contribution in [0.2, 0.25) is 0 Å². The fourth-order valence-electron chi connectivity index (χ4n) is 11.9. The van der Waals surface area contributed by atoms with Gasteiger partial charge < -0.3 is 11.5 Å². The maximum atomic E-state index is 10.2. The Kier molecular flexibility index (Phi) is 8.38. The van der Waals surface area contributed by atoms with Gasteiger partial charge in [-0.05, 0) is 139 Å². The first-order chi connectivity index (χ1) is 18.8. The van der Waals surface area contributed by atoms with Crippen molar-refractivity contribution in [3.8, 4) is 0 Å². The molecular weight excluding hydrogens is 492 g/mol. The third kappa shape index (κ3) is 5.01. The van der Waals surface area contributed by atoms with Crippen molar-refractivity contribution in [2.24, 2.45) is 63.6 Å². The molecule has 0 saturated heterocycles. The summed E-state index contributed by atoms with van der Waals surface area (Å²) in [5, 5.41) is 10.2. The Hall–Kier alpha value is -1.26. The highest BCUT2D eigenvalue weighted by Gasteiger charge is 2.64. The van der Waals surface area contributed by atoms with E-state index in [1.807, 2.05) is 12.1 Å². The van der Waals surface area contributed by atoms with Crippen molar-refractivity contribution < 1.29 is 10.1 Å². The van der Waals surface area contributed by atoms with E-state index in [2.05, 4.69) is 48.5 Å². The quantitative estimate of drug-likeness (QED) is 0.170. The summed E-state index contributed by atoms with van der Waals surface area (Å²) >= 11 is 0. The van der Waals surface area contributed by atoms with Crippen LogP contribution in [0.5, 0.6) is 0 Å². The lowest BCUT2D eigenvalue weighted by atomic mass is 9.39. The Bertz CT molecular complexity index is 1020. The SMILES string of the molecule is CC(C)CCCC(C)C1CCC2C3CCC4C(C)(C)C(C(OO)c5cc(N)cc(N)c5)CCC4(C)C3CCC12C. The molecule has 5 rings (SSSR count). The summed E-state index contributed by atoms with van der Waals surface area (Å²) in [6, 6.07) is 5.64. The predicted molar refractivity (Wildman–Crippen MR) is 167 cm³/mol. The van der Waals surface area contributed by atoms with E-state index in [1.165, 1.54) is 64.2 Å². The van der Waals surface area contributed by atoms with Gasteiger partial charge >= 0.3 is 0 Å². The van der Waals surface area contributed by atoms with E-state index in [9.17, 15) is 5.26 Å². The Morgan fingerprint density at radius 2 is 1.45 bits per heavy atom. The molecule has 0 aromatic heterocycles. The van der Waals surface area contributed by atoms with E-state index in [-0.39, 0.29) is 11.3 Å². The van der Waals surface area contributed by atoms with E-state index in [0.29, 0.717) is 28.1 Å². The van der Waals surface area contributed by atoms with Crippen molar-refractivity contribution >= 4 is 11.4 Å². The second-order valence-electron chi connectivity index (χ2n) is 16.5. The molecule has 5 N–H and O–H groups in total. The van der Waals surface area contributed by atoms with Crippen molar-refractivity contribution in [2.45, 2.75) is 125 Å². The van der Waals surface area contributed by atoms with Crippen LogP contribution in [0.15, 0.2) is 18.2 Å². The maximum Gasteiger partial charge on any atom is 0.121 e. The molecule has 1 aromatic rings. The van der Waals surface area contributed by atoms with Crippen molar-refractivity contribution in [1.29, 1.82) is 0 Å². The summed E-state index contributed by atoms with van der Waals surface area (Å²) in [4.78, 5) is 5.27. The molecule has 4 heteroatoms. The van der Waals surface area contributed by atoms with Gasteiger partial charge in [0.1, 0.15) is 6.10 Å². The normalized spacial score (nSPS) is 40.2. The van der Waals surface area contributed by atoms with Gasteiger partial charge in [0.25, 0.3) is 0 Å². The number of nitrogens with two attached hydrogens (primary N) is 2. The van der Waals surface area contributed by atoms with Crippen LogP contribution < -0.4 is 11.5 Å². The van der Waals surface area contributed by atoms with Gasteiger partial charge in [-0.2, -0.15) is 0 Å². The molecule has 0 aliphatic heterocycles. The standard InChI is InChI=1S/C36H60N2O2/c1-22(2)9-8-10-23(3)28-12-13-29-27-11-14-32-34(4,5)31(33(40-39)24-19-25(37)21-26(38)20-24)16-18-36(32,7)30(27)15-17-35(28,29)6/h19-23,27-33,39H,8-18,37-38H2,1-7H3. The number of anilines is 2. The van der Waals surface area contributed by atoms with Crippen LogP contribution in [0.25, 0.3) is 0 Å². The van der Waals surface area contributed by atoms with Crippen LogP contribution in [0.4, 0.5) is 11.4 Å². The lowest BCUT2D eigenvalue weighted by Crippen LogP contribution is -2.58. The van der Waals surface area contributed by atoms with Crippen LogP contribution in [-0.2, 0) is 4.89 Å². The first-order valence-corrected chi connectivity index (χ1v) is 16.8. The Balaban J connectivity index is 1.34. The maximum absolute atomic E-state index is 10.2. The fraction of sp³-hybridized carbons (Fsp3) is 0.833. The molecule has 4 fully saturated rings. The summed E-state index contributed by atoms with van der Waals surface area (Å²) in [6.45, 7) is 17.6. The number of fused-ring (bicyclic) bond motifs is 5. The zero-order chi connectivity index (χ0) is 29.0. The van der Waals surface area contributed by atoms with Crippen LogP contribution in [0, 0.1) is 63.6 Å². The average Bonchev–Trinajstić information content (AvgIpc) is 3.22. The van der Waals surface area contributed by atoms with Crippen molar-refractivity contribution in [3.05, 3.63) is 23.8 Å². The van der Waals surface area contributed by atoms with Crippen LogP contribution in [0.3, 0.4) is 0 Å². The van der Waals surface area contributed by atoms with Crippen LogP contribution in [0.1, 0.15) is 131 Å². The third-order valence-electron chi connectivity index (χ3n) is 13.7. The monoisotopic (exact) mass is 552 g/mol. The van der Waals surface area contributed by atoms with Gasteiger partial charge in [0.05, 0.1) is 0 Å². The van der Waals surface area contributed by atoms with Gasteiger partial charge in [-0.3, -0.25) is 5.26 Å². The third-order valence-corrected chi connectivity index (χ3v) is 13.7. The smallest absolute Gasteiger partial charge is 0.121 e. The molecule has 0 amide bonds. The molecule has 4 aliphatic carbocycles. The van der Waals surface area contributed by atoms with Crippen molar-refractivity contribution in [3.63, 3.8) is 0 Å². The Morgan fingerprint density at radius 1 is 0.800 bits per heavy atom. The molecule has 10 unspecified atom stereocenters. The molecule has 4 nitrogen and oxygen atoms in total. The highest BCUT2D eigenvalue weighted by Crippen LogP contribution is 2.71. The van der Waals surface area contributed by atoms with Gasteiger partial charge in [0.2, 0.25) is 0 Å². The highest BCUT2D eigenvalue weighted by atomic mass is 17.1. The number of benzene rings is 1. The topological polar surface area (TPSA) is 81.5 Å². The molecular formula is C36H60N2O2. The first-order valence-electron chi connectivity index (χ1n) is 16.8. The average molecular weight is 553 g/mol. The molecule has 0 spiro atoms. The summed E-state index contributed by atoms with van der Waals surface area (Å²) in [7, 11) is 0. The van der Waals surface area contributed by atoms with Gasteiger partial charge in [-0.25, -0.2) is 4.89 Å². The van der Waals surface area contributed by atoms with Crippen molar-refractivity contribution in [2.75, 3.05) is 11.5 Å².